The normalized spacial score (nSPS) is 23.9. The maximum atomic E-state index is 5.53. The first-order valence-electron chi connectivity index (χ1n) is 6.98. The molecule has 0 unspecified atom stereocenters. The van der Waals surface area contributed by atoms with E-state index in [0.717, 1.165) is 17.4 Å². The third-order valence-electron chi connectivity index (χ3n) is 4.20. The number of nitrogens with zero attached hydrogens (tertiary/aromatic N) is 3. The summed E-state index contributed by atoms with van der Waals surface area (Å²) in [5.41, 5.74) is 6.38. The summed E-state index contributed by atoms with van der Waals surface area (Å²) < 4.78 is 0. The van der Waals surface area contributed by atoms with Gasteiger partial charge in [-0.2, -0.15) is 0 Å². The van der Waals surface area contributed by atoms with Crippen LogP contribution in [-0.2, 0) is 6.54 Å². The van der Waals surface area contributed by atoms with E-state index in [0.29, 0.717) is 12.6 Å². The third kappa shape index (κ3) is 2.99. The van der Waals surface area contributed by atoms with Crippen molar-refractivity contribution in [1.82, 2.24) is 9.97 Å². The second-order valence-electron chi connectivity index (χ2n) is 5.26. The maximum Gasteiger partial charge on any atom is 0.147 e. The number of rotatable bonds is 4. The fourth-order valence-electron chi connectivity index (χ4n) is 2.76. The molecule has 0 saturated heterocycles. The van der Waals surface area contributed by atoms with Crippen LogP contribution in [0.1, 0.15) is 44.7 Å². The minimum absolute atomic E-state index is 0.457. The molecule has 1 fully saturated rings. The Morgan fingerprint density at radius 3 is 2.44 bits per heavy atom. The van der Waals surface area contributed by atoms with Gasteiger partial charge in [0.05, 0.1) is 18.1 Å². The Labute approximate surface area is 110 Å². The topological polar surface area (TPSA) is 55.0 Å². The van der Waals surface area contributed by atoms with Crippen LogP contribution in [0.2, 0.25) is 0 Å². The van der Waals surface area contributed by atoms with Crippen molar-refractivity contribution in [1.29, 1.82) is 0 Å². The first kappa shape index (κ1) is 13.3. The van der Waals surface area contributed by atoms with Gasteiger partial charge in [-0.05, 0) is 31.6 Å². The number of anilines is 1. The lowest BCUT2D eigenvalue weighted by Crippen LogP contribution is -2.35. The lowest BCUT2D eigenvalue weighted by Gasteiger charge is -2.34. The molecule has 1 aromatic rings. The molecule has 0 amide bonds. The zero-order valence-corrected chi connectivity index (χ0v) is 11.5. The van der Waals surface area contributed by atoms with Crippen LogP contribution in [0.4, 0.5) is 5.82 Å². The van der Waals surface area contributed by atoms with Crippen LogP contribution < -0.4 is 10.6 Å². The number of aromatic nitrogens is 2. The molecular weight excluding hydrogens is 224 g/mol. The van der Waals surface area contributed by atoms with E-state index in [1.807, 2.05) is 6.20 Å². The molecule has 0 bridgehead atoms. The van der Waals surface area contributed by atoms with Gasteiger partial charge in [-0.25, -0.2) is 4.98 Å². The van der Waals surface area contributed by atoms with E-state index in [-0.39, 0.29) is 0 Å². The molecule has 1 saturated carbocycles. The van der Waals surface area contributed by atoms with Crippen molar-refractivity contribution in [3.8, 4) is 0 Å². The molecule has 0 atom stereocenters. The Balaban J connectivity index is 1.96. The van der Waals surface area contributed by atoms with Crippen molar-refractivity contribution < 1.29 is 0 Å². The van der Waals surface area contributed by atoms with Gasteiger partial charge in [-0.3, -0.25) is 4.98 Å². The van der Waals surface area contributed by atoms with Gasteiger partial charge >= 0.3 is 0 Å². The van der Waals surface area contributed by atoms with Gasteiger partial charge < -0.3 is 10.6 Å². The summed E-state index contributed by atoms with van der Waals surface area (Å²) in [7, 11) is 2.13. The van der Waals surface area contributed by atoms with Crippen LogP contribution in [0.15, 0.2) is 12.4 Å². The molecule has 0 spiro atoms. The van der Waals surface area contributed by atoms with E-state index in [9.17, 15) is 0 Å². The monoisotopic (exact) mass is 248 g/mol. The minimum Gasteiger partial charge on any atom is -0.355 e. The van der Waals surface area contributed by atoms with Gasteiger partial charge in [0.15, 0.2) is 0 Å². The Morgan fingerprint density at radius 2 is 1.94 bits per heavy atom. The predicted molar refractivity (Wildman–Crippen MR) is 74.4 cm³/mol. The summed E-state index contributed by atoms with van der Waals surface area (Å²) in [6.07, 6.45) is 10.2. The van der Waals surface area contributed by atoms with Crippen molar-refractivity contribution in [2.24, 2.45) is 11.7 Å². The molecule has 0 radical (unpaired) electrons. The minimum atomic E-state index is 0.457. The SMILES string of the molecule is CCC1CCC(N(C)c2cnc(CN)cn2)CC1. The van der Waals surface area contributed by atoms with Crippen molar-refractivity contribution in [2.45, 2.75) is 51.6 Å². The Bertz CT molecular complexity index is 355. The summed E-state index contributed by atoms with van der Waals surface area (Å²) in [5.74, 6) is 1.90. The smallest absolute Gasteiger partial charge is 0.147 e. The standard InChI is InChI=1S/C14H24N4/c1-3-11-4-6-13(7-5-11)18(2)14-10-16-12(8-15)9-17-14/h9-11,13H,3-8,15H2,1-2H3. The summed E-state index contributed by atoms with van der Waals surface area (Å²) in [6, 6.07) is 0.617. The molecule has 1 aromatic heterocycles. The van der Waals surface area contributed by atoms with Crippen LogP contribution in [0.3, 0.4) is 0 Å². The van der Waals surface area contributed by atoms with Gasteiger partial charge in [0.1, 0.15) is 5.82 Å². The van der Waals surface area contributed by atoms with E-state index in [1.54, 1.807) is 6.20 Å². The average molecular weight is 248 g/mol. The van der Waals surface area contributed by atoms with Gasteiger partial charge in [-0.1, -0.05) is 13.3 Å². The van der Waals surface area contributed by atoms with Gasteiger partial charge in [0.2, 0.25) is 0 Å². The van der Waals surface area contributed by atoms with Gasteiger partial charge in [0.25, 0.3) is 0 Å². The maximum absolute atomic E-state index is 5.53. The summed E-state index contributed by atoms with van der Waals surface area (Å²) >= 11 is 0. The molecule has 4 nitrogen and oxygen atoms in total. The van der Waals surface area contributed by atoms with Gasteiger partial charge in [0, 0.05) is 19.6 Å². The fourth-order valence-corrected chi connectivity index (χ4v) is 2.76. The molecule has 0 aliphatic heterocycles. The van der Waals surface area contributed by atoms with E-state index in [1.165, 1.54) is 32.1 Å². The Kier molecular flexibility index (Phi) is 4.53. The number of hydrogen-bond acceptors (Lipinski definition) is 4. The molecule has 0 aromatic carbocycles. The van der Waals surface area contributed by atoms with Crippen LogP contribution in [-0.4, -0.2) is 23.1 Å². The molecule has 18 heavy (non-hydrogen) atoms. The fraction of sp³-hybridized carbons (Fsp3) is 0.714. The summed E-state index contributed by atoms with van der Waals surface area (Å²) in [5, 5.41) is 0. The van der Waals surface area contributed by atoms with Crippen molar-refractivity contribution in [2.75, 3.05) is 11.9 Å². The van der Waals surface area contributed by atoms with Crippen LogP contribution in [0.25, 0.3) is 0 Å². The quantitative estimate of drug-likeness (QED) is 0.888. The van der Waals surface area contributed by atoms with Crippen molar-refractivity contribution in [3.63, 3.8) is 0 Å². The summed E-state index contributed by atoms with van der Waals surface area (Å²) in [6.45, 7) is 2.75. The van der Waals surface area contributed by atoms with Crippen molar-refractivity contribution >= 4 is 5.82 Å². The lowest BCUT2D eigenvalue weighted by atomic mass is 9.84. The second-order valence-corrected chi connectivity index (χ2v) is 5.26. The third-order valence-corrected chi connectivity index (χ3v) is 4.20. The highest BCUT2D eigenvalue weighted by Gasteiger charge is 2.23. The van der Waals surface area contributed by atoms with E-state index in [2.05, 4.69) is 28.8 Å². The van der Waals surface area contributed by atoms with Crippen molar-refractivity contribution in [3.05, 3.63) is 18.1 Å². The van der Waals surface area contributed by atoms with Crippen LogP contribution >= 0.6 is 0 Å². The van der Waals surface area contributed by atoms with Gasteiger partial charge in [-0.15, -0.1) is 0 Å². The van der Waals surface area contributed by atoms with E-state index < -0.39 is 0 Å². The molecule has 1 aliphatic rings. The molecule has 1 aliphatic carbocycles. The first-order valence-corrected chi connectivity index (χ1v) is 6.98. The largest absolute Gasteiger partial charge is 0.355 e. The highest BCUT2D eigenvalue weighted by atomic mass is 15.2. The Morgan fingerprint density at radius 1 is 1.22 bits per heavy atom. The zero-order chi connectivity index (χ0) is 13.0. The zero-order valence-electron chi connectivity index (χ0n) is 11.5. The predicted octanol–water partition coefficient (Wildman–Crippen LogP) is 2.34. The Hall–Kier alpha value is -1.16. The second kappa shape index (κ2) is 6.14. The van der Waals surface area contributed by atoms with E-state index in [4.69, 9.17) is 5.73 Å². The summed E-state index contributed by atoms with van der Waals surface area (Å²) in [4.78, 5) is 11.0. The average Bonchev–Trinajstić information content (AvgIpc) is 2.47. The first-order chi connectivity index (χ1) is 8.74. The molecule has 100 valence electrons. The molecule has 2 rings (SSSR count). The number of nitrogens with two attached hydrogens (primary N) is 1. The molecule has 4 heteroatoms. The molecule has 2 N–H and O–H groups in total. The highest BCUT2D eigenvalue weighted by molar-refractivity contribution is 5.36. The van der Waals surface area contributed by atoms with E-state index >= 15 is 0 Å². The molecule has 1 heterocycles. The number of hydrogen-bond donors (Lipinski definition) is 1. The van der Waals surface area contributed by atoms with Crippen LogP contribution in [0, 0.1) is 5.92 Å². The highest BCUT2D eigenvalue weighted by Crippen LogP contribution is 2.30. The van der Waals surface area contributed by atoms with Crippen LogP contribution in [0.5, 0.6) is 0 Å². The lowest BCUT2D eigenvalue weighted by molar-refractivity contribution is 0.313. The molecular formula is C14H24N4.